The van der Waals surface area contributed by atoms with Crippen molar-refractivity contribution in [2.24, 2.45) is 0 Å². The highest BCUT2D eigenvalue weighted by molar-refractivity contribution is 7.92. The molecule has 4 rings (SSSR count). The molecular weight excluding hydrogens is 593 g/mol. The molecule has 0 amide bonds. The van der Waals surface area contributed by atoms with Gasteiger partial charge in [-0.15, -0.1) is 0 Å². The summed E-state index contributed by atoms with van der Waals surface area (Å²) < 4.78 is 76.1. The van der Waals surface area contributed by atoms with Crippen LogP contribution in [0.3, 0.4) is 0 Å². The highest BCUT2D eigenvalue weighted by Gasteiger charge is 2.29. The number of methoxy groups -OCH3 is 1. The molecule has 0 saturated carbocycles. The first-order valence-electron chi connectivity index (χ1n) is 13.3. The maximum Gasteiger partial charge on any atom is 0.430 e. The number of quaternary nitrogens is 1. The van der Waals surface area contributed by atoms with Crippen molar-refractivity contribution in [1.82, 2.24) is 10.1 Å². The van der Waals surface area contributed by atoms with Crippen molar-refractivity contribution >= 4 is 21.8 Å². The summed E-state index contributed by atoms with van der Waals surface area (Å²) in [5, 5.41) is 12.7. The average molecular weight is 629 g/mol. The number of hydrogen-bond acceptors (Lipinski definition) is 9. The van der Waals surface area contributed by atoms with Crippen LogP contribution in [0.5, 0.6) is 5.88 Å². The number of ether oxygens (including phenoxy) is 2. The molecule has 0 saturated heterocycles. The standard InChI is InChI=1S/C26H34N4O5S.C2HF3O2/c1-18(20-7-9-25(27-16-20)34-13-12-33-5)30-11-10-19-6-8-22(14-21(19)17-30)36(31,32)29-24-15-23(35-28-24)26(2,3)4;3-2(4,5)1(6)7/h6-9,14-16,18H,10-13,17H2,1-5H3,(H,28,29);(H,6,7)/t18-;/m1./s1. The Morgan fingerprint density at radius 2 is 1.84 bits per heavy atom. The summed E-state index contributed by atoms with van der Waals surface area (Å²) in [7, 11) is -2.16. The van der Waals surface area contributed by atoms with Gasteiger partial charge in [-0.05, 0) is 30.7 Å². The van der Waals surface area contributed by atoms with E-state index in [-0.39, 0.29) is 22.2 Å². The molecule has 2 atom stereocenters. The molecule has 0 spiro atoms. The van der Waals surface area contributed by atoms with Crippen molar-refractivity contribution in [3.05, 3.63) is 65.0 Å². The van der Waals surface area contributed by atoms with E-state index < -0.39 is 22.2 Å². The van der Waals surface area contributed by atoms with Gasteiger partial charge in [-0.1, -0.05) is 32.0 Å². The molecule has 15 heteroatoms. The number of aliphatic carboxylic acids is 1. The Bertz CT molecular complexity index is 1490. The quantitative estimate of drug-likeness (QED) is 0.340. The summed E-state index contributed by atoms with van der Waals surface area (Å²) in [4.78, 5) is 14.8. The smallest absolute Gasteiger partial charge is 0.430 e. The third-order valence-corrected chi connectivity index (χ3v) is 8.10. The number of benzene rings is 1. The van der Waals surface area contributed by atoms with Crippen molar-refractivity contribution in [3.8, 4) is 5.88 Å². The zero-order valence-electron chi connectivity index (χ0n) is 24.4. The number of sulfonamides is 1. The molecule has 1 aliphatic heterocycles. The first-order chi connectivity index (χ1) is 20.0. The van der Waals surface area contributed by atoms with Crippen LogP contribution in [0.2, 0.25) is 0 Å². The fourth-order valence-electron chi connectivity index (χ4n) is 4.25. The lowest BCUT2D eigenvalue weighted by molar-refractivity contribution is -0.945. The van der Waals surface area contributed by atoms with E-state index in [9.17, 15) is 21.6 Å². The molecule has 0 aliphatic carbocycles. The minimum absolute atomic E-state index is 0.181. The van der Waals surface area contributed by atoms with E-state index in [4.69, 9.17) is 23.9 Å². The summed E-state index contributed by atoms with van der Waals surface area (Å²) in [6, 6.07) is 11.1. The second kappa shape index (κ2) is 13.7. The molecule has 11 nitrogen and oxygen atoms in total. The van der Waals surface area contributed by atoms with Gasteiger partial charge >= 0.3 is 6.18 Å². The van der Waals surface area contributed by atoms with Crippen molar-refractivity contribution in [2.45, 2.75) is 63.2 Å². The zero-order chi connectivity index (χ0) is 32.0. The second-order valence-electron chi connectivity index (χ2n) is 11.0. The number of carboxylic acid groups (broad SMARTS) is 1. The third kappa shape index (κ3) is 9.40. The highest BCUT2D eigenvalue weighted by atomic mass is 32.2. The molecule has 2 aromatic heterocycles. The van der Waals surface area contributed by atoms with Crippen LogP contribution in [0.4, 0.5) is 19.0 Å². The van der Waals surface area contributed by atoms with Crippen LogP contribution >= 0.6 is 0 Å². The van der Waals surface area contributed by atoms with Crippen molar-refractivity contribution in [3.63, 3.8) is 0 Å². The normalized spacial score (nSPS) is 16.0. The Balaban J connectivity index is 0.000000646. The van der Waals surface area contributed by atoms with E-state index in [1.807, 2.05) is 45.2 Å². The average Bonchev–Trinajstić information content (AvgIpc) is 3.41. The number of halogens is 3. The number of nitrogens with one attached hydrogen (secondary N) is 2. The van der Waals surface area contributed by atoms with Crippen LogP contribution in [0.1, 0.15) is 56.2 Å². The molecule has 2 N–H and O–H groups in total. The highest BCUT2D eigenvalue weighted by Crippen LogP contribution is 2.26. The van der Waals surface area contributed by atoms with Gasteiger partial charge < -0.3 is 28.8 Å². The van der Waals surface area contributed by atoms with Crippen molar-refractivity contribution < 1.29 is 50.4 Å². The summed E-state index contributed by atoms with van der Waals surface area (Å²) in [5.74, 6) is -1.64. The van der Waals surface area contributed by atoms with Gasteiger partial charge in [-0.3, -0.25) is 4.72 Å². The fraction of sp³-hybridized carbons (Fsp3) is 0.464. The van der Waals surface area contributed by atoms with Gasteiger partial charge in [0.1, 0.15) is 30.9 Å². The number of hydrogen-bond donors (Lipinski definition) is 2. The molecule has 3 heterocycles. The van der Waals surface area contributed by atoms with Crippen LogP contribution in [0.25, 0.3) is 0 Å². The Hall–Kier alpha value is -3.69. The molecule has 1 unspecified atom stereocenters. The second-order valence-corrected chi connectivity index (χ2v) is 12.7. The predicted octanol–water partition coefficient (Wildman–Crippen LogP) is 2.19. The fourth-order valence-corrected chi connectivity index (χ4v) is 5.28. The summed E-state index contributed by atoms with van der Waals surface area (Å²) in [6.07, 6.45) is -2.46. The minimum atomic E-state index is -5.19. The maximum atomic E-state index is 13.1. The number of rotatable bonds is 9. The van der Waals surface area contributed by atoms with Crippen LogP contribution in [0, 0.1) is 0 Å². The number of pyridine rings is 1. The lowest BCUT2D eigenvalue weighted by atomic mass is 9.93. The van der Waals surface area contributed by atoms with Crippen LogP contribution in [0.15, 0.2) is 52.0 Å². The Morgan fingerprint density at radius 1 is 1.14 bits per heavy atom. The number of carboxylic acids is 1. The molecule has 0 bridgehead atoms. The zero-order valence-corrected chi connectivity index (χ0v) is 25.3. The lowest BCUT2D eigenvalue weighted by Crippen LogP contribution is -3.11. The maximum absolute atomic E-state index is 13.1. The Morgan fingerprint density at radius 3 is 2.40 bits per heavy atom. The largest absolute Gasteiger partial charge is 0.542 e. The summed E-state index contributed by atoms with van der Waals surface area (Å²) >= 11 is 0. The molecule has 43 heavy (non-hydrogen) atoms. The molecule has 0 radical (unpaired) electrons. The summed E-state index contributed by atoms with van der Waals surface area (Å²) in [6.45, 7) is 10.8. The van der Waals surface area contributed by atoms with Gasteiger partial charge in [0.15, 0.2) is 5.82 Å². The Labute approximate surface area is 248 Å². The van der Waals surface area contributed by atoms with Crippen LogP contribution < -0.4 is 19.5 Å². The molecular formula is C28H35F3N4O7S. The monoisotopic (exact) mass is 628 g/mol. The number of carbonyl (C=O) groups excluding carboxylic acids is 1. The van der Waals surface area contributed by atoms with E-state index in [0.29, 0.717) is 24.9 Å². The first-order valence-corrected chi connectivity index (χ1v) is 14.8. The van der Waals surface area contributed by atoms with Gasteiger partial charge in [-0.2, -0.15) is 13.2 Å². The Kier molecular flexibility index (Phi) is 10.8. The van der Waals surface area contributed by atoms with E-state index in [1.165, 1.54) is 10.5 Å². The van der Waals surface area contributed by atoms with Crippen LogP contribution in [-0.4, -0.2) is 57.6 Å². The number of fused-ring (bicyclic) bond motifs is 1. The van der Waals surface area contributed by atoms with Gasteiger partial charge in [0.25, 0.3) is 10.0 Å². The predicted molar refractivity (Wildman–Crippen MR) is 147 cm³/mol. The van der Waals surface area contributed by atoms with Gasteiger partial charge in [-0.25, -0.2) is 13.4 Å². The number of aromatic nitrogens is 2. The lowest BCUT2D eigenvalue weighted by Gasteiger charge is -2.31. The molecule has 236 valence electrons. The van der Waals surface area contributed by atoms with Crippen LogP contribution in [-0.2, 0) is 37.9 Å². The van der Waals surface area contributed by atoms with Gasteiger partial charge in [0.05, 0.1) is 18.0 Å². The van der Waals surface area contributed by atoms with E-state index in [1.54, 1.807) is 25.3 Å². The SMILES string of the molecule is COCCOc1ccc([C@@H](C)[NH+]2CCc3ccc(S(=O)(=O)Nc4cc(C(C)(C)C)on4)cc3C2)cn1.O=C([O-])C(F)(F)F. The molecule has 1 aliphatic rings. The minimum Gasteiger partial charge on any atom is -0.542 e. The van der Waals surface area contributed by atoms with E-state index in [0.717, 1.165) is 30.6 Å². The third-order valence-electron chi connectivity index (χ3n) is 6.75. The van der Waals surface area contributed by atoms with E-state index >= 15 is 0 Å². The topological polar surface area (TPSA) is 148 Å². The number of anilines is 1. The molecule has 0 fully saturated rings. The number of alkyl halides is 3. The van der Waals surface area contributed by atoms with Crippen molar-refractivity contribution in [1.29, 1.82) is 0 Å². The molecule has 1 aromatic carbocycles. The van der Waals surface area contributed by atoms with Gasteiger partial charge in [0.2, 0.25) is 5.88 Å². The van der Waals surface area contributed by atoms with Gasteiger partial charge in [0, 0.05) is 48.4 Å². The number of carbonyl (C=O) groups is 1. The molecule has 3 aromatic rings. The first kappa shape index (κ1) is 33.8. The van der Waals surface area contributed by atoms with Crippen molar-refractivity contribution in [2.75, 3.05) is 31.6 Å². The van der Waals surface area contributed by atoms with E-state index in [2.05, 4.69) is 21.8 Å². The number of nitrogens with zero attached hydrogens (tertiary/aromatic N) is 2. The summed E-state index contributed by atoms with van der Waals surface area (Å²) in [5.41, 5.74) is 3.06.